The van der Waals surface area contributed by atoms with Gasteiger partial charge in [0, 0.05) is 6.20 Å². The van der Waals surface area contributed by atoms with Crippen molar-refractivity contribution in [3.63, 3.8) is 0 Å². The smallest absolute Gasteiger partial charge is 0.261 e. The van der Waals surface area contributed by atoms with Crippen LogP contribution in [0.5, 0.6) is 5.75 Å². The fourth-order valence-electron chi connectivity index (χ4n) is 3.53. The number of benzene rings is 3. The van der Waals surface area contributed by atoms with Gasteiger partial charge in [0.1, 0.15) is 11.6 Å². The molecule has 0 radical (unpaired) electrons. The van der Waals surface area contributed by atoms with Gasteiger partial charge in [0.15, 0.2) is 6.10 Å². The molecule has 170 valence electrons. The highest BCUT2D eigenvalue weighted by atomic mass is 16.5. The lowest BCUT2D eigenvalue weighted by Gasteiger charge is -2.23. The van der Waals surface area contributed by atoms with Crippen molar-refractivity contribution in [3.8, 4) is 5.75 Å². The summed E-state index contributed by atoms with van der Waals surface area (Å²) in [5, 5.41) is 5.83. The zero-order valence-corrected chi connectivity index (χ0v) is 18.7. The van der Waals surface area contributed by atoms with E-state index in [1.54, 1.807) is 55.6 Å². The van der Waals surface area contributed by atoms with Gasteiger partial charge in [-0.25, -0.2) is 4.98 Å². The summed E-state index contributed by atoms with van der Waals surface area (Å²) in [6.07, 6.45) is 0.763. The first-order valence-corrected chi connectivity index (χ1v) is 11.0. The fraction of sp³-hybridized carbons (Fsp3) is 0.107. The number of pyridine rings is 1. The second-order valence-corrected chi connectivity index (χ2v) is 7.69. The lowest BCUT2D eigenvalue weighted by molar-refractivity contribution is -0.127. The Labute approximate surface area is 198 Å². The van der Waals surface area contributed by atoms with Crippen LogP contribution in [0.1, 0.15) is 34.5 Å². The predicted molar refractivity (Wildman–Crippen MR) is 132 cm³/mol. The Kier molecular flexibility index (Phi) is 7.30. The number of rotatable bonds is 8. The number of para-hydroxylation sites is 1. The Morgan fingerprint density at radius 2 is 1.35 bits per heavy atom. The van der Waals surface area contributed by atoms with Crippen molar-refractivity contribution in [3.05, 3.63) is 126 Å². The molecule has 0 spiro atoms. The van der Waals surface area contributed by atoms with Crippen LogP contribution in [0.25, 0.3) is 0 Å². The summed E-state index contributed by atoms with van der Waals surface area (Å²) in [6.45, 7) is 1.66. The monoisotopic (exact) mass is 451 g/mol. The van der Waals surface area contributed by atoms with Crippen molar-refractivity contribution in [2.75, 3.05) is 5.32 Å². The number of amides is 2. The third kappa shape index (κ3) is 5.66. The van der Waals surface area contributed by atoms with Gasteiger partial charge in [0.2, 0.25) is 0 Å². The Hall–Kier alpha value is -4.45. The molecule has 1 aromatic heterocycles. The zero-order valence-electron chi connectivity index (χ0n) is 18.7. The van der Waals surface area contributed by atoms with Crippen LogP contribution in [0, 0.1) is 0 Å². The number of ether oxygens (including phenoxy) is 1. The molecule has 0 aliphatic rings. The van der Waals surface area contributed by atoms with Gasteiger partial charge in [-0.05, 0) is 42.3 Å². The Balaban J connectivity index is 1.50. The molecule has 2 N–H and O–H groups in total. The number of carbonyl (C=O) groups is 2. The predicted octanol–water partition coefficient (Wildman–Crippen LogP) is 5.01. The molecule has 6 heteroatoms. The molecule has 0 aliphatic heterocycles. The molecular weight excluding hydrogens is 426 g/mol. The Morgan fingerprint density at radius 1 is 0.765 bits per heavy atom. The molecule has 2 amide bonds. The number of nitrogens with one attached hydrogen (secondary N) is 2. The third-order valence-electron chi connectivity index (χ3n) is 5.26. The molecule has 1 unspecified atom stereocenters. The van der Waals surface area contributed by atoms with E-state index >= 15 is 0 Å². The van der Waals surface area contributed by atoms with Crippen molar-refractivity contribution in [2.24, 2.45) is 0 Å². The fourth-order valence-corrected chi connectivity index (χ4v) is 3.53. The number of hydrogen-bond acceptors (Lipinski definition) is 4. The summed E-state index contributed by atoms with van der Waals surface area (Å²) in [6, 6.07) is 31.3. The molecule has 0 fully saturated rings. The molecule has 4 aromatic rings. The van der Waals surface area contributed by atoms with Crippen LogP contribution < -0.4 is 15.4 Å². The van der Waals surface area contributed by atoms with Crippen LogP contribution in [0.3, 0.4) is 0 Å². The highest BCUT2D eigenvalue weighted by Gasteiger charge is 2.23. The standard InChI is InChI=1S/C28H25N3O3/c1-20(27(32)31-26(21-12-4-2-5-13-21)22-14-6-3-7-15-22)34-24-17-9-8-16-23(24)28(33)30-25-18-10-11-19-29-25/h2-20,26H,1H3,(H,31,32)(H,29,30,33). The molecule has 1 heterocycles. The first-order chi connectivity index (χ1) is 16.6. The van der Waals surface area contributed by atoms with Gasteiger partial charge >= 0.3 is 0 Å². The summed E-state index contributed by atoms with van der Waals surface area (Å²) in [4.78, 5) is 30.0. The zero-order chi connectivity index (χ0) is 23.8. The van der Waals surface area contributed by atoms with Crippen LogP contribution in [0.15, 0.2) is 109 Å². The van der Waals surface area contributed by atoms with Gasteiger partial charge in [0.05, 0.1) is 11.6 Å². The molecule has 0 aliphatic carbocycles. The largest absolute Gasteiger partial charge is 0.480 e. The normalized spacial score (nSPS) is 11.5. The molecule has 4 rings (SSSR count). The van der Waals surface area contributed by atoms with E-state index in [4.69, 9.17) is 4.74 Å². The van der Waals surface area contributed by atoms with Gasteiger partial charge < -0.3 is 15.4 Å². The van der Waals surface area contributed by atoms with E-state index in [1.807, 2.05) is 60.7 Å². The highest BCUT2D eigenvalue weighted by molar-refractivity contribution is 6.05. The minimum absolute atomic E-state index is 0.294. The van der Waals surface area contributed by atoms with Crippen molar-refractivity contribution < 1.29 is 14.3 Å². The minimum Gasteiger partial charge on any atom is -0.480 e. The average Bonchev–Trinajstić information content (AvgIpc) is 2.89. The molecule has 1 atom stereocenters. The van der Waals surface area contributed by atoms with Crippen LogP contribution >= 0.6 is 0 Å². The summed E-state index contributed by atoms with van der Waals surface area (Å²) >= 11 is 0. The van der Waals surface area contributed by atoms with Gasteiger partial charge in [-0.15, -0.1) is 0 Å². The Morgan fingerprint density at radius 3 is 1.97 bits per heavy atom. The van der Waals surface area contributed by atoms with E-state index in [0.717, 1.165) is 11.1 Å². The third-order valence-corrected chi connectivity index (χ3v) is 5.26. The van der Waals surface area contributed by atoms with Gasteiger partial charge in [-0.1, -0.05) is 78.9 Å². The molecule has 0 saturated heterocycles. The second kappa shape index (κ2) is 10.9. The van der Waals surface area contributed by atoms with Crippen LogP contribution in [-0.2, 0) is 4.79 Å². The van der Waals surface area contributed by atoms with Gasteiger partial charge in [-0.3, -0.25) is 9.59 Å². The van der Waals surface area contributed by atoms with E-state index in [0.29, 0.717) is 17.1 Å². The quantitative estimate of drug-likeness (QED) is 0.395. The maximum atomic E-state index is 13.1. The second-order valence-electron chi connectivity index (χ2n) is 7.69. The van der Waals surface area contributed by atoms with Crippen molar-refractivity contribution in [2.45, 2.75) is 19.1 Å². The Bertz CT molecular complexity index is 1190. The van der Waals surface area contributed by atoms with Crippen molar-refractivity contribution >= 4 is 17.6 Å². The van der Waals surface area contributed by atoms with E-state index in [1.165, 1.54) is 0 Å². The lowest BCUT2D eigenvalue weighted by atomic mass is 9.98. The number of nitrogens with zero attached hydrogens (tertiary/aromatic N) is 1. The van der Waals surface area contributed by atoms with E-state index in [9.17, 15) is 9.59 Å². The molecule has 3 aromatic carbocycles. The van der Waals surface area contributed by atoms with Crippen LogP contribution in [0.2, 0.25) is 0 Å². The number of carbonyl (C=O) groups excluding carboxylic acids is 2. The topological polar surface area (TPSA) is 80.3 Å². The maximum Gasteiger partial charge on any atom is 0.261 e. The molecular formula is C28H25N3O3. The van der Waals surface area contributed by atoms with Crippen LogP contribution in [0.4, 0.5) is 5.82 Å². The lowest BCUT2D eigenvalue weighted by Crippen LogP contribution is -2.39. The first-order valence-electron chi connectivity index (χ1n) is 11.0. The van der Waals surface area contributed by atoms with E-state index < -0.39 is 6.10 Å². The summed E-state index contributed by atoms with van der Waals surface area (Å²) in [5.74, 6) is 0.0854. The van der Waals surface area contributed by atoms with Gasteiger partial charge in [0.25, 0.3) is 11.8 Å². The minimum atomic E-state index is -0.835. The summed E-state index contributed by atoms with van der Waals surface area (Å²) < 4.78 is 5.95. The average molecular weight is 452 g/mol. The number of aromatic nitrogens is 1. The molecule has 0 bridgehead atoms. The number of anilines is 1. The molecule has 34 heavy (non-hydrogen) atoms. The van der Waals surface area contributed by atoms with E-state index in [2.05, 4.69) is 15.6 Å². The van der Waals surface area contributed by atoms with Gasteiger partial charge in [-0.2, -0.15) is 0 Å². The number of hydrogen-bond donors (Lipinski definition) is 2. The van der Waals surface area contributed by atoms with Crippen molar-refractivity contribution in [1.82, 2.24) is 10.3 Å². The SMILES string of the molecule is CC(Oc1ccccc1C(=O)Nc1ccccn1)C(=O)NC(c1ccccc1)c1ccccc1. The first kappa shape index (κ1) is 22.7. The highest BCUT2D eigenvalue weighted by Crippen LogP contribution is 2.24. The molecule has 6 nitrogen and oxygen atoms in total. The van der Waals surface area contributed by atoms with Crippen LogP contribution in [-0.4, -0.2) is 22.9 Å². The summed E-state index contributed by atoms with van der Waals surface area (Å²) in [7, 11) is 0. The summed E-state index contributed by atoms with van der Waals surface area (Å²) in [5.41, 5.74) is 2.24. The maximum absolute atomic E-state index is 13.1. The van der Waals surface area contributed by atoms with E-state index in [-0.39, 0.29) is 17.9 Å². The van der Waals surface area contributed by atoms with Crippen molar-refractivity contribution in [1.29, 1.82) is 0 Å². The molecule has 0 saturated carbocycles.